The van der Waals surface area contributed by atoms with Gasteiger partial charge < -0.3 is 20.7 Å². The summed E-state index contributed by atoms with van der Waals surface area (Å²) in [6, 6.07) is 15.7. The van der Waals surface area contributed by atoms with E-state index in [1.165, 1.54) is 6.07 Å². The number of phenolic OH excluding ortho intramolecular Hbond substituents is 1. The number of phenols is 1. The third-order valence-corrected chi connectivity index (χ3v) is 6.64. The predicted octanol–water partition coefficient (Wildman–Crippen LogP) is 4.22. The third kappa shape index (κ3) is 3.66. The van der Waals surface area contributed by atoms with Crippen LogP contribution in [0.25, 0.3) is 55.8 Å². The molecule has 0 saturated carbocycles. The molecule has 1 aliphatic heterocycles. The summed E-state index contributed by atoms with van der Waals surface area (Å²) in [4.78, 5) is 19.5. The fourth-order valence-electron chi connectivity index (χ4n) is 4.82. The van der Waals surface area contributed by atoms with Gasteiger partial charge in [-0.1, -0.05) is 12.1 Å². The van der Waals surface area contributed by atoms with Crippen LogP contribution >= 0.6 is 0 Å². The van der Waals surface area contributed by atoms with Crippen molar-refractivity contribution in [2.24, 2.45) is 5.73 Å². The summed E-state index contributed by atoms with van der Waals surface area (Å²) in [5.74, 6) is 0.156. The Hall–Kier alpha value is -4.83. The number of fused-ring (bicyclic) bond motifs is 2. The average molecular weight is 493 g/mol. The Morgan fingerprint density at radius 3 is 2.70 bits per heavy atom. The molecule has 37 heavy (non-hydrogen) atoms. The van der Waals surface area contributed by atoms with E-state index in [1.54, 1.807) is 18.5 Å². The van der Waals surface area contributed by atoms with E-state index in [9.17, 15) is 9.50 Å². The maximum atomic E-state index is 14.0. The minimum absolute atomic E-state index is 0.123. The molecule has 0 aliphatic carbocycles. The van der Waals surface area contributed by atoms with E-state index in [-0.39, 0.29) is 11.8 Å². The van der Waals surface area contributed by atoms with E-state index in [4.69, 9.17) is 15.7 Å². The molecule has 182 valence electrons. The Labute approximate surface area is 209 Å². The molecular formula is C27H21FN8O. The summed E-state index contributed by atoms with van der Waals surface area (Å²) in [6.45, 7) is 1.52. The summed E-state index contributed by atoms with van der Waals surface area (Å²) in [6.07, 6.45) is 3.43. The maximum Gasteiger partial charge on any atom is 0.147 e. The molecule has 1 fully saturated rings. The molecule has 0 amide bonds. The third-order valence-electron chi connectivity index (χ3n) is 6.64. The molecule has 4 aromatic heterocycles. The first-order valence-electron chi connectivity index (χ1n) is 11.8. The van der Waals surface area contributed by atoms with Crippen molar-refractivity contribution in [1.82, 2.24) is 30.1 Å². The minimum Gasteiger partial charge on any atom is -0.508 e. The number of nitrogens with two attached hydrogens (primary N) is 1. The van der Waals surface area contributed by atoms with Crippen molar-refractivity contribution in [3.8, 4) is 39.7 Å². The van der Waals surface area contributed by atoms with Gasteiger partial charge in [-0.05, 0) is 47.5 Å². The maximum absolute atomic E-state index is 14.0. The molecule has 10 heteroatoms. The summed E-state index contributed by atoms with van der Waals surface area (Å²) in [7, 11) is 0. The molecule has 2 aromatic carbocycles. The van der Waals surface area contributed by atoms with Crippen molar-refractivity contribution in [3.63, 3.8) is 0 Å². The number of hydrogen-bond acceptors (Lipinski definition) is 7. The van der Waals surface area contributed by atoms with Crippen molar-refractivity contribution in [1.29, 1.82) is 0 Å². The number of anilines is 1. The number of nitrogens with one attached hydrogen (secondary N) is 2. The van der Waals surface area contributed by atoms with Gasteiger partial charge in [-0.3, -0.25) is 10.1 Å². The number of rotatable bonds is 4. The second kappa shape index (κ2) is 8.10. The molecule has 7 rings (SSSR count). The Balaban J connectivity index is 1.31. The average Bonchev–Trinajstić information content (AvgIpc) is 3.49. The molecule has 6 aromatic rings. The number of benzene rings is 2. The lowest BCUT2D eigenvalue weighted by atomic mass is 10.0. The van der Waals surface area contributed by atoms with E-state index >= 15 is 0 Å². The molecule has 1 aliphatic rings. The minimum atomic E-state index is -0.498. The summed E-state index contributed by atoms with van der Waals surface area (Å²) < 4.78 is 14.0. The number of aromatic hydroxyl groups is 1. The van der Waals surface area contributed by atoms with Gasteiger partial charge in [0.1, 0.15) is 34.3 Å². The number of nitrogens with zero attached hydrogens (tertiary/aromatic N) is 5. The lowest BCUT2D eigenvalue weighted by Crippen LogP contribution is -2.56. The van der Waals surface area contributed by atoms with Crippen LogP contribution in [-0.2, 0) is 0 Å². The summed E-state index contributed by atoms with van der Waals surface area (Å²) in [5.41, 5.74) is 12.4. The molecule has 0 bridgehead atoms. The van der Waals surface area contributed by atoms with E-state index in [2.05, 4.69) is 25.1 Å². The number of halogens is 1. The van der Waals surface area contributed by atoms with Gasteiger partial charge in [0.2, 0.25) is 0 Å². The second-order valence-corrected chi connectivity index (χ2v) is 9.24. The van der Waals surface area contributed by atoms with Gasteiger partial charge in [0.15, 0.2) is 0 Å². The van der Waals surface area contributed by atoms with Crippen molar-refractivity contribution < 1.29 is 9.50 Å². The van der Waals surface area contributed by atoms with E-state index < -0.39 is 5.82 Å². The Kier molecular flexibility index (Phi) is 4.70. The van der Waals surface area contributed by atoms with E-state index in [1.807, 2.05) is 36.4 Å². The molecule has 0 unspecified atom stereocenters. The highest BCUT2D eigenvalue weighted by molar-refractivity contribution is 6.00. The zero-order valence-electron chi connectivity index (χ0n) is 19.5. The first kappa shape index (κ1) is 21.5. The molecule has 0 spiro atoms. The lowest BCUT2D eigenvalue weighted by Gasteiger charge is -2.37. The van der Waals surface area contributed by atoms with Crippen molar-refractivity contribution in [2.75, 3.05) is 18.0 Å². The van der Waals surface area contributed by atoms with Crippen LogP contribution in [0.4, 0.5) is 10.2 Å². The first-order valence-corrected chi connectivity index (χ1v) is 11.8. The van der Waals surface area contributed by atoms with Crippen LogP contribution in [0, 0.1) is 5.82 Å². The molecule has 0 atom stereocenters. The van der Waals surface area contributed by atoms with E-state index in [0.717, 1.165) is 52.7 Å². The number of pyridine rings is 1. The summed E-state index contributed by atoms with van der Waals surface area (Å²) >= 11 is 0. The summed E-state index contributed by atoms with van der Waals surface area (Å²) in [5, 5.41) is 18.4. The highest BCUT2D eigenvalue weighted by atomic mass is 19.1. The molecule has 5 heterocycles. The SMILES string of the molecule is NC1CN(c2cncc(-c3ccc4[nH]nc(-c5cc6c(-c7cc(O)cc(F)c7)cccc6[nH]5)c4n3)n2)C1. The Bertz CT molecular complexity index is 1780. The largest absolute Gasteiger partial charge is 0.508 e. The van der Waals surface area contributed by atoms with Gasteiger partial charge in [0.25, 0.3) is 0 Å². The lowest BCUT2D eigenvalue weighted by molar-refractivity contribution is 0.469. The Morgan fingerprint density at radius 2 is 1.86 bits per heavy atom. The van der Waals surface area contributed by atoms with Crippen molar-refractivity contribution >= 4 is 27.8 Å². The number of aromatic amines is 2. The van der Waals surface area contributed by atoms with Crippen LogP contribution in [0.2, 0.25) is 0 Å². The van der Waals surface area contributed by atoms with Crippen LogP contribution in [-0.4, -0.2) is 54.4 Å². The van der Waals surface area contributed by atoms with Gasteiger partial charge in [-0.25, -0.2) is 14.4 Å². The van der Waals surface area contributed by atoms with Crippen LogP contribution in [0.15, 0.2) is 67.0 Å². The molecule has 9 nitrogen and oxygen atoms in total. The normalized spacial score (nSPS) is 13.9. The van der Waals surface area contributed by atoms with Crippen LogP contribution < -0.4 is 10.6 Å². The predicted molar refractivity (Wildman–Crippen MR) is 139 cm³/mol. The second-order valence-electron chi connectivity index (χ2n) is 9.24. The van der Waals surface area contributed by atoms with Gasteiger partial charge >= 0.3 is 0 Å². The quantitative estimate of drug-likeness (QED) is 0.290. The van der Waals surface area contributed by atoms with Crippen molar-refractivity contribution in [2.45, 2.75) is 6.04 Å². The van der Waals surface area contributed by atoms with Crippen LogP contribution in [0.3, 0.4) is 0 Å². The zero-order valence-corrected chi connectivity index (χ0v) is 19.5. The number of H-pyrrole nitrogens is 2. The highest BCUT2D eigenvalue weighted by Crippen LogP contribution is 2.35. The molecule has 5 N–H and O–H groups in total. The van der Waals surface area contributed by atoms with E-state index in [0.29, 0.717) is 28.2 Å². The first-order chi connectivity index (χ1) is 18.0. The Morgan fingerprint density at radius 1 is 0.973 bits per heavy atom. The molecular weight excluding hydrogens is 471 g/mol. The van der Waals surface area contributed by atoms with Gasteiger partial charge in [0.05, 0.1) is 29.3 Å². The number of hydrogen-bond donors (Lipinski definition) is 4. The van der Waals surface area contributed by atoms with Crippen LogP contribution in [0.1, 0.15) is 0 Å². The van der Waals surface area contributed by atoms with Crippen LogP contribution in [0.5, 0.6) is 5.75 Å². The monoisotopic (exact) mass is 492 g/mol. The molecule has 0 radical (unpaired) electrons. The topological polar surface area (TPSA) is 133 Å². The van der Waals surface area contributed by atoms with Crippen molar-refractivity contribution in [3.05, 3.63) is 72.8 Å². The fourth-order valence-corrected chi connectivity index (χ4v) is 4.82. The highest BCUT2D eigenvalue weighted by Gasteiger charge is 2.25. The van der Waals surface area contributed by atoms with Gasteiger partial charge in [-0.15, -0.1) is 0 Å². The zero-order chi connectivity index (χ0) is 25.1. The standard InChI is InChI=1S/C27H21FN8O/c28-15-6-14(7-17(37)8-15)18-2-1-3-20-19(18)9-23(31-20)27-26-22(34-35-27)5-4-21(33-26)24-10-30-11-25(32-24)36-12-16(29)13-36/h1-11,16,31,37H,12-13,29H2,(H,34,35). The fraction of sp³-hybridized carbons (Fsp3) is 0.111. The van der Waals surface area contributed by atoms with Gasteiger partial charge in [-0.2, -0.15) is 5.10 Å². The smallest absolute Gasteiger partial charge is 0.147 e. The number of aromatic nitrogens is 6. The molecule has 1 saturated heterocycles. The van der Waals surface area contributed by atoms with Gasteiger partial charge in [0, 0.05) is 36.1 Å².